The molecule has 94 valence electrons. The fourth-order valence-electron chi connectivity index (χ4n) is 2.38. The highest BCUT2D eigenvalue weighted by molar-refractivity contribution is 5.44. The van der Waals surface area contributed by atoms with Gasteiger partial charge in [-0.3, -0.25) is 0 Å². The molecule has 17 heavy (non-hydrogen) atoms. The van der Waals surface area contributed by atoms with Gasteiger partial charge in [0.1, 0.15) is 5.75 Å². The van der Waals surface area contributed by atoms with Crippen LogP contribution in [0.5, 0.6) is 5.75 Å². The van der Waals surface area contributed by atoms with E-state index in [1.807, 2.05) is 7.05 Å². The predicted molar refractivity (Wildman–Crippen MR) is 68.6 cm³/mol. The SMILES string of the molecule is CNC(CCOC)c1cccc2c1OCCC2. The van der Waals surface area contributed by atoms with Crippen molar-refractivity contribution < 1.29 is 9.47 Å². The van der Waals surface area contributed by atoms with Gasteiger partial charge in [-0.25, -0.2) is 0 Å². The van der Waals surface area contributed by atoms with Crippen LogP contribution in [0.4, 0.5) is 0 Å². The Morgan fingerprint density at radius 1 is 1.47 bits per heavy atom. The molecule has 0 aromatic heterocycles. The highest BCUT2D eigenvalue weighted by atomic mass is 16.5. The zero-order valence-corrected chi connectivity index (χ0v) is 10.7. The lowest BCUT2D eigenvalue weighted by molar-refractivity contribution is 0.183. The third kappa shape index (κ3) is 2.79. The Bertz CT molecular complexity index is 365. The van der Waals surface area contributed by atoms with Gasteiger partial charge in [0.25, 0.3) is 0 Å². The predicted octanol–water partition coefficient (Wildman–Crippen LogP) is 2.31. The summed E-state index contributed by atoms with van der Waals surface area (Å²) in [7, 11) is 3.73. The summed E-state index contributed by atoms with van der Waals surface area (Å²) in [6, 6.07) is 6.75. The number of para-hydroxylation sites is 1. The van der Waals surface area contributed by atoms with Crippen LogP contribution in [0.1, 0.15) is 30.0 Å². The van der Waals surface area contributed by atoms with Crippen LogP contribution in [0.3, 0.4) is 0 Å². The summed E-state index contributed by atoms with van der Waals surface area (Å²) in [5.74, 6) is 1.09. The molecule has 1 aliphatic heterocycles. The van der Waals surface area contributed by atoms with Gasteiger partial charge >= 0.3 is 0 Å². The fraction of sp³-hybridized carbons (Fsp3) is 0.571. The minimum atomic E-state index is 0.308. The number of methoxy groups -OCH3 is 1. The molecule has 0 saturated carbocycles. The smallest absolute Gasteiger partial charge is 0.127 e. The van der Waals surface area contributed by atoms with E-state index in [9.17, 15) is 0 Å². The van der Waals surface area contributed by atoms with Gasteiger partial charge in [-0.05, 0) is 31.9 Å². The molecule has 3 heteroatoms. The van der Waals surface area contributed by atoms with Gasteiger partial charge < -0.3 is 14.8 Å². The molecule has 2 rings (SSSR count). The van der Waals surface area contributed by atoms with E-state index in [-0.39, 0.29) is 0 Å². The van der Waals surface area contributed by atoms with Gasteiger partial charge in [-0.1, -0.05) is 18.2 Å². The van der Waals surface area contributed by atoms with Gasteiger partial charge in [0.05, 0.1) is 6.61 Å². The molecule has 3 nitrogen and oxygen atoms in total. The lowest BCUT2D eigenvalue weighted by atomic mass is 9.96. The van der Waals surface area contributed by atoms with Gasteiger partial charge in [0, 0.05) is 25.3 Å². The number of rotatable bonds is 5. The molecule has 1 aromatic carbocycles. The Balaban J connectivity index is 2.23. The molecule has 0 spiro atoms. The zero-order chi connectivity index (χ0) is 12.1. The van der Waals surface area contributed by atoms with Crippen molar-refractivity contribution >= 4 is 0 Å². The van der Waals surface area contributed by atoms with Crippen molar-refractivity contribution in [1.82, 2.24) is 5.32 Å². The normalized spacial score (nSPS) is 16.1. The second-order valence-corrected chi connectivity index (χ2v) is 4.41. The third-order valence-electron chi connectivity index (χ3n) is 3.30. The molecule has 0 saturated heterocycles. The fourth-order valence-corrected chi connectivity index (χ4v) is 2.38. The summed E-state index contributed by atoms with van der Waals surface area (Å²) in [6.45, 7) is 1.60. The van der Waals surface area contributed by atoms with E-state index >= 15 is 0 Å². The van der Waals surface area contributed by atoms with Crippen LogP contribution in [-0.4, -0.2) is 27.4 Å². The average Bonchev–Trinajstić information content (AvgIpc) is 2.40. The number of benzene rings is 1. The first-order valence-corrected chi connectivity index (χ1v) is 6.27. The molecule has 1 atom stereocenters. The number of ether oxygens (including phenoxy) is 2. The van der Waals surface area contributed by atoms with Gasteiger partial charge in [0.15, 0.2) is 0 Å². The number of nitrogens with one attached hydrogen (secondary N) is 1. The van der Waals surface area contributed by atoms with Crippen LogP contribution < -0.4 is 10.1 Å². The Labute approximate surface area is 103 Å². The Hall–Kier alpha value is -1.06. The second kappa shape index (κ2) is 6.03. The maximum absolute atomic E-state index is 5.84. The van der Waals surface area contributed by atoms with Crippen molar-refractivity contribution in [3.63, 3.8) is 0 Å². The molecule has 1 unspecified atom stereocenters. The van der Waals surface area contributed by atoms with E-state index in [1.54, 1.807) is 7.11 Å². The second-order valence-electron chi connectivity index (χ2n) is 4.41. The number of aryl methyl sites for hydroxylation is 1. The molecular weight excluding hydrogens is 214 g/mol. The molecule has 0 aliphatic carbocycles. The Kier molecular flexibility index (Phi) is 4.40. The summed E-state index contributed by atoms with van der Waals surface area (Å²) < 4.78 is 11.0. The highest BCUT2D eigenvalue weighted by Crippen LogP contribution is 2.33. The summed E-state index contributed by atoms with van der Waals surface area (Å²) in [5, 5.41) is 3.34. The van der Waals surface area contributed by atoms with Crippen molar-refractivity contribution in [2.24, 2.45) is 0 Å². The third-order valence-corrected chi connectivity index (χ3v) is 3.30. The topological polar surface area (TPSA) is 30.5 Å². The van der Waals surface area contributed by atoms with Gasteiger partial charge in [-0.15, -0.1) is 0 Å². The van der Waals surface area contributed by atoms with Crippen molar-refractivity contribution in [2.45, 2.75) is 25.3 Å². The number of hydrogen-bond donors (Lipinski definition) is 1. The Morgan fingerprint density at radius 3 is 3.12 bits per heavy atom. The van der Waals surface area contributed by atoms with Crippen molar-refractivity contribution in [2.75, 3.05) is 27.4 Å². The molecule has 0 radical (unpaired) electrons. The molecule has 1 aromatic rings. The first-order chi connectivity index (χ1) is 8.36. The Morgan fingerprint density at radius 2 is 2.35 bits per heavy atom. The first-order valence-electron chi connectivity index (χ1n) is 6.27. The summed E-state index contributed by atoms with van der Waals surface area (Å²) in [5.41, 5.74) is 2.60. The molecule has 1 N–H and O–H groups in total. The van der Waals surface area contributed by atoms with Crippen LogP contribution >= 0.6 is 0 Å². The molecule has 0 fully saturated rings. The standard InChI is InChI=1S/C14H21NO2/c1-15-13(8-10-16-2)12-7-3-5-11-6-4-9-17-14(11)12/h3,5,7,13,15H,4,6,8-10H2,1-2H3. The molecule has 0 bridgehead atoms. The summed E-state index contributed by atoms with van der Waals surface area (Å²) in [4.78, 5) is 0. The quantitative estimate of drug-likeness (QED) is 0.849. The maximum Gasteiger partial charge on any atom is 0.127 e. The van der Waals surface area contributed by atoms with E-state index in [0.29, 0.717) is 6.04 Å². The molecular formula is C14H21NO2. The van der Waals surface area contributed by atoms with Crippen LogP contribution in [0.25, 0.3) is 0 Å². The van der Waals surface area contributed by atoms with Crippen molar-refractivity contribution in [3.8, 4) is 5.75 Å². The number of hydrogen-bond acceptors (Lipinski definition) is 3. The van der Waals surface area contributed by atoms with Crippen LogP contribution in [0.15, 0.2) is 18.2 Å². The van der Waals surface area contributed by atoms with Crippen molar-refractivity contribution in [1.29, 1.82) is 0 Å². The van der Waals surface area contributed by atoms with E-state index in [1.165, 1.54) is 11.1 Å². The lowest BCUT2D eigenvalue weighted by Crippen LogP contribution is -2.21. The van der Waals surface area contributed by atoms with Crippen LogP contribution in [0.2, 0.25) is 0 Å². The zero-order valence-electron chi connectivity index (χ0n) is 10.7. The molecule has 0 amide bonds. The summed E-state index contributed by atoms with van der Waals surface area (Å²) in [6.07, 6.45) is 3.22. The average molecular weight is 235 g/mol. The molecule has 1 heterocycles. The van der Waals surface area contributed by atoms with Crippen LogP contribution in [0, 0.1) is 0 Å². The van der Waals surface area contributed by atoms with E-state index in [0.717, 1.165) is 38.2 Å². The lowest BCUT2D eigenvalue weighted by Gasteiger charge is -2.25. The number of fused-ring (bicyclic) bond motifs is 1. The van der Waals surface area contributed by atoms with Gasteiger partial charge in [-0.2, -0.15) is 0 Å². The van der Waals surface area contributed by atoms with E-state index in [2.05, 4.69) is 23.5 Å². The highest BCUT2D eigenvalue weighted by Gasteiger charge is 2.19. The van der Waals surface area contributed by atoms with Crippen molar-refractivity contribution in [3.05, 3.63) is 29.3 Å². The van der Waals surface area contributed by atoms with Gasteiger partial charge in [0.2, 0.25) is 0 Å². The minimum absolute atomic E-state index is 0.308. The summed E-state index contributed by atoms with van der Waals surface area (Å²) >= 11 is 0. The monoisotopic (exact) mass is 235 g/mol. The van der Waals surface area contributed by atoms with E-state index < -0.39 is 0 Å². The first kappa shape index (κ1) is 12.4. The largest absolute Gasteiger partial charge is 0.493 e. The van der Waals surface area contributed by atoms with Crippen LogP contribution in [-0.2, 0) is 11.2 Å². The van der Waals surface area contributed by atoms with E-state index in [4.69, 9.17) is 9.47 Å². The molecule has 1 aliphatic rings. The maximum atomic E-state index is 5.84. The minimum Gasteiger partial charge on any atom is -0.493 e.